The van der Waals surface area contributed by atoms with Crippen LogP contribution in [0.25, 0.3) is 12.2 Å². The summed E-state index contributed by atoms with van der Waals surface area (Å²) >= 11 is 0. The molecule has 2 N–H and O–H groups in total. The van der Waals surface area contributed by atoms with Crippen molar-refractivity contribution in [3.63, 3.8) is 0 Å². The van der Waals surface area contributed by atoms with Crippen LogP contribution in [0.4, 0.5) is 0 Å². The maximum Gasteiger partial charge on any atom is 0.122 e. The van der Waals surface area contributed by atoms with Crippen LogP contribution >= 0.6 is 0 Å². The fraction of sp³-hybridized carbons (Fsp3) is 0.176. The van der Waals surface area contributed by atoms with Crippen LogP contribution in [0.2, 0.25) is 0 Å². The lowest BCUT2D eigenvalue weighted by molar-refractivity contribution is 0.443. The SMILES string of the molecule is Cc1cc(C)cc(/C=C/c2cc(O)c(C)c(O)c2)c1. The van der Waals surface area contributed by atoms with E-state index in [0.717, 1.165) is 11.1 Å². The summed E-state index contributed by atoms with van der Waals surface area (Å²) in [5.41, 5.74) is 4.82. The molecule has 2 rings (SSSR count). The summed E-state index contributed by atoms with van der Waals surface area (Å²) in [7, 11) is 0. The summed E-state index contributed by atoms with van der Waals surface area (Å²) in [4.78, 5) is 0. The average molecular weight is 254 g/mol. The monoisotopic (exact) mass is 254 g/mol. The average Bonchev–Trinajstić information content (AvgIpc) is 2.32. The first-order valence-electron chi connectivity index (χ1n) is 6.24. The molecule has 0 saturated carbocycles. The van der Waals surface area contributed by atoms with Crippen molar-refractivity contribution in [1.82, 2.24) is 0 Å². The maximum absolute atomic E-state index is 9.67. The van der Waals surface area contributed by atoms with Gasteiger partial charge in [0.2, 0.25) is 0 Å². The van der Waals surface area contributed by atoms with Gasteiger partial charge in [-0.3, -0.25) is 0 Å². The van der Waals surface area contributed by atoms with Gasteiger partial charge in [0.25, 0.3) is 0 Å². The van der Waals surface area contributed by atoms with Gasteiger partial charge >= 0.3 is 0 Å². The van der Waals surface area contributed by atoms with Gasteiger partial charge in [0.05, 0.1) is 0 Å². The highest BCUT2D eigenvalue weighted by atomic mass is 16.3. The lowest BCUT2D eigenvalue weighted by Gasteiger charge is -2.04. The van der Waals surface area contributed by atoms with Gasteiger partial charge in [-0.2, -0.15) is 0 Å². The van der Waals surface area contributed by atoms with Crippen molar-refractivity contribution in [2.75, 3.05) is 0 Å². The van der Waals surface area contributed by atoms with E-state index < -0.39 is 0 Å². The van der Waals surface area contributed by atoms with E-state index in [0.29, 0.717) is 5.56 Å². The lowest BCUT2D eigenvalue weighted by atomic mass is 10.0. The second-order valence-corrected chi connectivity index (χ2v) is 4.94. The molecule has 0 bridgehead atoms. The summed E-state index contributed by atoms with van der Waals surface area (Å²) < 4.78 is 0. The fourth-order valence-electron chi connectivity index (χ4n) is 2.10. The molecule has 0 aliphatic rings. The summed E-state index contributed by atoms with van der Waals surface area (Å²) in [6, 6.07) is 9.61. The number of rotatable bonds is 2. The number of hydrogen-bond donors (Lipinski definition) is 2. The molecular formula is C17H18O2. The Balaban J connectivity index is 2.32. The second-order valence-electron chi connectivity index (χ2n) is 4.94. The van der Waals surface area contributed by atoms with Crippen LogP contribution in [0.3, 0.4) is 0 Å². The lowest BCUT2D eigenvalue weighted by Crippen LogP contribution is -1.81. The Morgan fingerprint density at radius 1 is 0.684 bits per heavy atom. The van der Waals surface area contributed by atoms with Gasteiger partial charge in [-0.05, 0) is 44.0 Å². The van der Waals surface area contributed by atoms with Crippen molar-refractivity contribution in [3.05, 3.63) is 58.1 Å². The largest absolute Gasteiger partial charge is 0.508 e. The van der Waals surface area contributed by atoms with Crippen LogP contribution in [0.1, 0.15) is 27.8 Å². The van der Waals surface area contributed by atoms with Crippen molar-refractivity contribution in [2.24, 2.45) is 0 Å². The minimum absolute atomic E-state index is 0.111. The molecule has 19 heavy (non-hydrogen) atoms. The predicted molar refractivity (Wildman–Crippen MR) is 79.4 cm³/mol. The van der Waals surface area contributed by atoms with Crippen molar-refractivity contribution in [3.8, 4) is 11.5 Å². The van der Waals surface area contributed by atoms with Gasteiger partial charge in [-0.1, -0.05) is 41.5 Å². The van der Waals surface area contributed by atoms with Gasteiger partial charge in [-0.15, -0.1) is 0 Å². The van der Waals surface area contributed by atoms with Gasteiger partial charge in [0.1, 0.15) is 11.5 Å². The van der Waals surface area contributed by atoms with Crippen molar-refractivity contribution >= 4 is 12.2 Å². The summed E-state index contributed by atoms with van der Waals surface area (Å²) in [6.07, 6.45) is 3.86. The topological polar surface area (TPSA) is 40.5 Å². The van der Waals surface area contributed by atoms with E-state index in [-0.39, 0.29) is 11.5 Å². The van der Waals surface area contributed by atoms with E-state index in [2.05, 4.69) is 32.0 Å². The normalized spacial score (nSPS) is 11.1. The van der Waals surface area contributed by atoms with E-state index in [1.54, 1.807) is 19.1 Å². The third-order valence-electron chi connectivity index (χ3n) is 3.09. The van der Waals surface area contributed by atoms with Crippen LogP contribution < -0.4 is 0 Å². The smallest absolute Gasteiger partial charge is 0.122 e. The highest BCUT2D eigenvalue weighted by Gasteiger charge is 2.03. The van der Waals surface area contributed by atoms with Crippen LogP contribution in [-0.2, 0) is 0 Å². The highest BCUT2D eigenvalue weighted by molar-refractivity contribution is 5.72. The molecule has 0 aliphatic carbocycles. The molecule has 0 fully saturated rings. The molecule has 0 atom stereocenters. The molecule has 0 aromatic heterocycles. The van der Waals surface area contributed by atoms with E-state index >= 15 is 0 Å². The minimum atomic E-state index is 0.111. The number of benzene rings is 2. The zero-order chi connectivity index (χ0) is 14.0. The third kappa shape index (κ3) is 3.16. The molecule has 0 heterocycles. The Labute approximate surface area is 113 Å². The quantitative estimate of drug-likeness (QED) is 0.789. The zero-order valence-electron chi connectivity index (χ0n) is 11.4. The van der Waals surface area contributed by atoms with Crippen LogP contribution in [0.5, 0.6) is 11.5 Å². The Kier molecular flexibility index (Phi) is 3.61. The minimum Gasteiger partial charge on any atom is -0.508 e. The molecule has 98 valence electrons. The first kappa shape index (κ1) is 13.2. The Hall–Kier alpha value is -2.22. The van der Waals surface area contributed by atoms with Gasteiger partial charge in [-0.25, -0.2) is 0 Å². The van der Waals surface area contributed by atoms with E-state index in [1.807, 2.05) is 12.2 Å². The highest BCUT2D eigenvalue weighted by Crippen LogP contribution is 2.28. The van der Waals surface area contributed by atoms with Crippen LogP contribution in [-0.4, -0.2) is 10.2 Å². The third-order valence-corrected chi connectivity index (χ3v) is 3.09. The van der Waals surface area contributed by atoms with Crippen molar-refractivity contribution < 1.29 is 10.2 Å². The molecule has 2 aromatic carbocycles. The van der Waals surface area contributed by atoms with Crippen LogP contribution in [0, 0.1) is 20.8 Å². The standard InChI is InChI=1S/C17H18O2/c1-11-6-12(2)8-14(7-11)4-5-15-9-16(18)13(3)17(19)10-15/h4-10,18-19H,1-3H3/b5-4+. The van der Waals surface area contributed by atoms with Gasteiger partial charge in [0.15, 0.2) is 0 Å². The summed E-state index contributed by atoms with van der Waals surface area (Å²) in [5.74, 6) is 0.222. The molecule has 2 aromatic rings. The molecular weight excluding hydrogens is 236 g/mol. The van der Waals surface area contributed by atoms with Crippen molar-refractivity contribution in [2.45, 2.75) is 20.8 Å². The van der Waals surface area contributed by atoms with Crippen molar-refractivity contribution in [1.29, 1.82) is 0 Å². The Morgan fingerprint density at radius 2 is 1.11 bits per heavy atom. The molecule has 0 spiro atoms. The first-order chi connectivity index (χ1) is 8.95. The number of aryl methyl sites for hydroxylation is 2. The summed E-state index contributed by atoms with van der Waals surface area (Å²) in [6.45, 7) is 5.81. The first-order valence-corrected chi connectivity index (χ1v) is 6.24. The van der Waals surface area contributed by atoms with E-state index in [4.69, 9.17) is 0 Å². The van der Waals surface area contributed by atoms with E-state index in [9.17, 15) is 10.2 Å². The summed E-state index contributed by atoms with van der Waals surface area (Å²) in [5, 5.41) is 19.3. The molecule has 0 aliphatic heterocycles. The van der Waals surface area contributed by atoms with Gasteiger partial charge < -0.3 is 10.2 Å². The number of phenols is 2. The molecule has 2 nitrogen and oxygen atoms in total. The molecule has 0 unspecified atom stereocenters. The number of hydrogen-bond acceptors (Lipinski definition) is 2. The van der Waals surface area contributed by atoms with Crippen LogP contribution in [0.15, 0.2) is 30.3 Å². The fourth-order valence-corrected chi connectivity index (χ4v) is 2.10. The predicted octanol–water partition coefficient (Wildman–Crippen LogP) is 4.19. The van der Waals surface area contributed by atoms with E-state index in [1.165, 1.54) is 11.1 Å². The molecule has 0 saturated heterocycles. The molecule has 0 amide bonds. The zero-order valence-corrected chi connectivity index (χ0v) is 11.4. The molecule has 2 heteroatoms. The Bertz CT molecular complexity index is 596. The van der Waals surface area contributed by atoms with Gasteiger partial charge in [0, 0.05) is 5.56 Å². The number of aromatic hydroxyl groups is 2. The molecule has 0 radical (unpaired) electrons. The Morgan fingerprint density at radius 3 is 1.58 bits per heavy atom. The second kappa shape index (κ2) is 5.19. The maximum atomic E-state index is 9.67. The number of phenolic OH excluding ortho intramolecular Hbond substituents is 2.